The normalized spacial score (nSPS) is 11.3. The second kappa shape index (κ2) is 9.51. The molecule has 140 valence electrons. The van der Waals surface area contributed by atoms with Crippen LogP contribution in [-0.2, 0) is 21.2 Å². The van der Waals surface area contributed by atoms with Crippen LogP contribution in [0.2, 0.25) is 0 Å². The molecule has 0 fully saturated rings. The maximum atomic E-state index is 12.6. The molecule has 0 spiro atoms. The first-order valence-electron chi connectivity index (χ1n) is 8.01. The summed E-state index contributed by atoms with van der Waals surface area (Å²) < 4.78 is 31.6. The molecule has 6 nitrogen and oxygen atoms in total. The monoisotopic (exact) mass is 394 g/mol. The first-order valence-corrected chi connectivity index (χ1v) is 10.3. The summed E-state index contributed by atoms with van der Waals surface area (Å²) in [4.78, 5) is 12.2. The number of carbonyl (C=O) groups excluding carboxylic acids is 1. The third kappa shape index (κ3) is 5.42. The van der Waals surface area contributed by atoms with Crippen LogP contribution < -0.4 is 10.1 Å². The third-order valence-electron chi connectivity index (χ3n) is 3.64. The molecule has 0 bridgehead atoms. The number of hydrogen-bond acceptors (Lipinski definition) is 5. The van der Waals surface area contributed by atoms with Crippen LogP contribution in [0.1, 0.15) is 5.56 Å². The van der Waals surface area contributed by atoms with E-state index in [1.807, 2.05) is 24.3 Å². The second-order valence-electron chi connectivity index (χ2n) is 5.47. The highest BCUT2D eigenvalue weighted by molar-refractivity contribution is 7.91. The summed E-state index contributed by atoms with van der Waals surface area (Å²) in [7, 11) is -2.09. The average molecular weight is 395 g/mol. The standard InChI is InChI=1S/C18H22N2O4S2/c1-3-12-20(26(22,23)18-5-4-13-25-18)14-17(21)19-11-10-15-6-8-16(24-2)9-7-15/h3-9,13H,1,10-12,14H2,2H3,(H,19,21). The third-order valence-corrected chi connectivity index (χ3v) is 6.82. The van der Waals surface area contributed by atoms with Gasteiger partial charge in [-0.25, -0.2) is 8.42 Å². The molecule has 1 amide bonds. The van der Waals surface area contributed by atoms with E-state index >= 15 is 0 Å². The van der Waals surface area contributed by atoms with Crippen molar-refractivity contribution < 1.29 is 17.9 Å². The Labute approximate surface area is 158 Å². The Hall–Kier alpha value is -2.16. The number of hydrogen-bond donors (Lipinski definition) is 1. The van der Waals surface area contributed by atoms with Crippen LogP contribution in [0.5, 0.6) is 5.75 Å². The zero-order valence-electron chi connectivity index (χ0n) is 14.6. The number of rotatable bonds is 10. The van der Waals surface area contributed by atoms with Gasteiger partial charge >= 0.3 is 0 Å². The molecule has 1 aromatic carbocycles. The van der Waals surface area contributed by atoms with E-state index in [2.05, 4.69) is 11.9 Å². The quantitative estimate of drug-likeness (QED) is 0.628. The van der Waals surface area contributed by atoms with Gasteiger partial charge in [0.15, 0.2) is 0 Å². The number of nitrogens with zero attached hydrogens (tertiary/aromatic N) is 1. The van der Waals surface area contributed by atoms with Crippen LogP contribution in [-0.4, -0.2) is 45.4 Å². The smallest absolute Gasteiger partial charge is 0.253 e. The number of methoxy groups -OCH3 is 1. The maximum Gasteiger partial charge on any atom is 0.253 e. The summed E-state index contributed by atoms with van der Waals surface area (Å²) in [5.41, 5.74) is 1.06. The second-order valence-corrected chi connectivity index (χ2v) is 8.58. The minimum absolute atomic E-state index is 0.0755. The van der Waals surface area contributed by atoms with Crippen LogP contribution in [0.3, 0.4) is 0 Å². The van der Waals surface area contributed by atoms with Crippen molar-refractivity contribution in [3.05, 3.63) is 60.0 Å². The molecule has 0 aliphatic heterocycles. The lowest BCUT2D eigenvalue weighted by atomic mass is 10.1. The Morgan fingerprint density at radius 1 is 1.31 bits per heavy atom. The Morgan fingerprint density at radius 2 is 2.04 bits per heavy atom. The van der Waals surface area contributed by atoms with E-state index in [1.54, 1.807) is 18.6 Å². The van der Waals surface area contributed by atoms with Gasteiger partial charge in [-0.2, -0.15) is 4.31 Å². The van der Waals surface area contributed by atoms with E-state index in [0.717, 1.165) is 27.0 Å². The van der Waals surface area contributed by atoms with Crippen molar-refractivity contribution in [2.45, 2.75) is 10.6 Å². The van der Waals surface area contributed by atoms with Gasteiger partial charge in [0.25, 0.3) is 10.0 Å². The molecule has 0 aliphatic carbocycles. The number of ether oxygens (including phenoxy) is 1. The zero-order valence-corrected chi connectivity index (χ0v) is 16.2. The van der Waals surface area contributed by atoms with E-state index in [9.17, 15) is 13.2 Å². The lowest BCUT2D eigenvalue weighted by molar-refractivity contribution is -0.121. The fourth-order valence-corrected chi connectivity index (χ4v) is 4.80. The molecule has 0 atom stereocenters. The highest BCUT2D eigenvalue weighted by Gasteiger charge is 2.26. The fourth-order valence-electron chi connectivity index (χ4n) is 2.28. The van der Waals surface area contributed by atoms with Gasteiger partial charge in [-0.3, -0.25) is 4.79 Å². The molecule has 26 heavy (non-hydrogen) atoms. The molecule has 2 rings (SSSR count). The molecule has 0 unspecified atom stereocenters. The summed E-state index contributed by atoms with van der Waals surface area (Å²) in [5, 5.41) is 4.45. The number of sulfonamides is 1. The van der Waals surface area contributed by atoms with Gasteiger partial charge in [-0.05, 0) is 35.6 Å². The molecule has 2 aromatic rings. The topological polar surface area (TPSA) is 75.7 Å². The first-order chi connectivity index (χ1) is 12.5. The van der Waals surface area contributed by atoms with Gasteiger partial charge in [0, 0.05) is 13.1 Å². The number of benzene rings is 1. The summed E-state index contributed by atoms with van der Waals surface area (Å²) in [6.07, 6.45) is 2.12. The van der Waals surface area contributed by atoms with E-state index in [0.29, 0.717) is 13.0 Å². The largest absolute Gasteiger partial charge is 0.497 e. The van der Waals surface area contributed by atoms with E-state index < -0.39 is 10.0 Å². The molecule has 8 heteroatoms. The molecule has 0 radical (unpaired) electrons. The van der Waals surface area contributed by atoms with Crippen molar-refractivity contribution in [3.8, 4) is 5.75 Å². The van der Waals surface area contributed by atoms with Gasteiger partial charge in [0.05, 0.1) is 13.7 Å². The van der Waals surface area contributed by atoms with Gasteiger partial charge in [0.1, 0.15) is 9.96 Å². The lowest BCUT2D eigenvalue weighted by Crippen LogP contribution is -2.41. The predicted octanol–water partition coefficient (Wildman–Crippen LogP) is 2.29. The molecule has 0 saturated carbocycles. The molecule has 0 saturated heterocycles. The van der Waals surface area contributed by atoms with Gasteiger partial charge in [-0.15, -0.1) is 17.9 Å². The summed E-state index contributed by atoms with van der Waals surface area (Å²) in [5.74, 6) is 0.428. The predicted molar refractivity (Wildman–Crippen MR) is 103 cm³/mol. The van der Waals surface area contributed by atoms with Crippen LogP contribution in [0.15, 0.2) is 58.6 Å². The van der Waals surface area contributed by atoms with Crippen LogP contribution in [0, 0.1) is 0 Å². The maximum absolute atomic E-state index is 12.6. The van der Waals surface area contributed by atoms with Crippen molar-refractivity contribution in [1.82, 2.24) is 9.62 Å². The zero-order chi connectivity index (χ0) is 19.0. The lowest BCUT2D eigenvalue weighted by Gasteiger charge is -2.19. The highest BCUT2D eigenvalue weighted by atomic mass is 32.2. The number of nitrogens with one attached hydrogen (secondary N) is 1. The van der Waals surface area contributed by atoms with Crippen molar-refractivity contribution >= 4 is 27.3 Å². The van der Waals surface area contributed by atoms with E-state index in [4.69, 9.17) is 4.74 Å². The van der Waals surface area contributed by atoms with Crippen LogP contribution in [0.25, 0.3) is 0 Å². The molecule has 1 heterocycles. The van der Waals surface area contributed by atoms with Gasteiger partial charge in [-0.1, -0.05) is 24.3 Å². The number of thiophene rings is 1. The Kier molecular flexibility index (Phi) is 7.38. The average Bonchev–Trinajstić information content (AvgIpc) is 3.17. The number of carbonyl (C=O) groups is 1. The first kappa shape index (κ1) is 20.2. The molecule has 1 N–H and O–H groups in total. The van der Waals surface area contributed by atoms with E-state index in [1.165, 1.54) is 12.1 Å². The van der Waals surface area contributed by atoms with Gasteiger partial charge < -0.3 is 10.1 Å². The minimum atomic E-state index is -3.69. The minimum Gasteiger partial charge on any atom is -0.497 e. The van der Waals surface area contributed by atoms with Crippen LogP contribution >= 0.6 is 11.3 Å². The molecule has 1 aromatic heterocycles. The van der Waals surface area contributed by atoms with E-state index in [-0.39, 0.29) is 23.2 Å². The molecular weight excluding hydrogens is 372 g/mol. The number of amides is 1. The fraction of sp³-hybridized carbons (Fsp3) is 0.278. The molecular formula is C18H22N2O4S2. The molecule has 0 aliphatic rings. The van der Waals surface area contributed by atoms with Crippen LogP contribution in [0.4, 0.5) is 0 Å². The SMILES string of the molecule is C=CCN(CC(=O)NCCc1ccc(OC)cc1)S(=O)(=O)c1cccs1. The van der Waals surface area contributed by atoms with Crippen molar-refractivity contribution in [3.63, 3.8) is 0 Å². The summed E-state index contributed by atoms with van der Waals surface area (Å²) in [6, 6.07) is 10.8. The van der Waals surface area contributed by atoms with Gasteiger partial charge in [0.2, 0.25) is 5.91 Å². The Bertz CT molecular complexity index is 815. The van der Waals surface area contributed by atoms with Crippen molar-refractivity contribution in [1.29, 1.82) is 0 Å². The summed E-state index contributed by atoms with van der Waals surface area (Å²) >= 11 is 1.12. The van der Waals surface area contributed by atoms with Crippen molar-refractivity contribution in [2.24, 2.45) is 0 Å². The van der Waals surface area contributed by atoms with Crippen molar-refractivity contribution in [2.75, 3.05) is 26.7 Å². The highest BCUT2D eigenvalue weighted by Crippen LogP contribution is 2.20. The summed E-state index contributed by atoms with van der Waals surface area (Å²) in [6.45, 7) is 3.83. The Morgan fingerprint density at radius 3 is 2.62 bits per heavy atom. The Balaban J connectivity index is 1.90.